The van der Waals surface area contributed by atoms with E-state index in [-0.39, 0.29) is 56.8 Å². The summed E-state index contributed by atoms with van der Waals surface area (Å²) in [6, 6.07) is 66.3. The molecule has 119 heavy (non-hydrogen) atoms. The molecule has 9 aromatic rings. The molecule has 15 atom stereocenters. The first-order valence-corrected chi connectivity index (χ1v) is 40.0. The minimum atomic E-state index is -5.49. The second kappa shape index (κ2) is 37.7. The van der Waals surface area contributed by atoms with Crippen molar-refractivity contribution in [1.82, 2.24) is 0 Å². The van der Waals surface area contributed by atoms with Crippen molar-refractivity contribution in [3.8, 4) is 0 Å². The fourth-order valence-electron chi connectivity index (χ4n) is 14.4. The zero-order chi connectivity index (χ0) is 84.0. The zero-order valence-corrected chi connectivity index (χ0v) is 66.1. The fraction of sp³-hybridized carbons (Fsp3) is 0.300. The highest BCUT2D eigenvalue weighted by Crippen LogP contribution is 2.56. The molecule has 4 aliphatic heterocycles. The lowest BCUT2D eigenvalue weighted by Crippen LogP contribution is -2.73. The SMILES string of the molecule is CC(C)(C)[Si]1(C(C)(C)C)OC[C@H]2O[C@H](O[C@@H]3[C@H](OC(=O)c4ccccc4)[C@@H](OC(=O)c4ccccc4)[C@H](O[C@H]4[C@H](OC(=O)c5ccccc5)[C@@H](OC(=O)c5ccccc5)C(OC(=Nc5ccccc5)C(F)(F)F)O[C@@H]4COC(=O)c4ccccc4)O[C@@H]3COC(=O)c3ccccc3)[C@H](OC(=O)c3ccccc3)[C@@H](OC(=O)c3ccccc3)[C@H]2O1. The summed E-state index contributed by atoms with van der Waals surface area (Å²) >= 11 is 0. The number of hydrogen-bond donors (Lipinski definition) is 0. The maximum absolute atomic E-state index is 15.9. The van der Waals surface area contributed by atoms with Gasteiger partial charge in [0, 0.05) is 10.1 Å². The third-order valence-corrected chi connectivity index (χ3v) is 25.0. The average molecular weight is 1650 g/mol. The summed E-state index contributed by atoms with van der Waals surface area (Å²) in [6.45, 7) is 9.31. The van der Waals surface area contributed by atoms with Crippen LogP contribution in [0.2, 0.25) is 10.1 Å². The molecule has 0 aromatic heterocycles. The standard InChI is InChI=1S/C90H84F3NO24Si/c1-88(2,3)119(89(4,5)6)105-54-66-69(118-119)72(111-80(99)59-42-24-11-25-43-59)75(114-83(102)62-48-30-14-31-49-62)85(108-66)116-67-64(52-103-76(95)55-34-16-7-17-35-55)106-84(73(112-81(100)60-44-26-12-27-45-60)70(67)109-78(97)57-38-20-9-21-39-57)115-68-65(53-104-77(96)56-36-18-8-19-37-56)107-86(117-87(90(91,92)93)94-63-50-32-15-33-51-63)74(113-82(101)61-46-28-13-29-47-61)71(68)110-79(98)58-40-22-10-23-41-58/h7-51,64-75,84-86H,52-54H2,1-6H3/t64-,65-,66-,67+,68-,69+,70+,71+,72+,73-,74-,75-,84+,85-,86?/m1/s1. The number of benzene rings is 9. The predicted octanol–water partition coefficient (Wildman–Crippen LogP) is 14.8. The van der Waals surface area contributed by atoms with Crippen LogP contribution in [0.4, 0.5) is 18.9 Å². The number of nitrogens with zero attached hydrogens (tertiary/aromatic N) is 1. The minimum Gasteiger partial charge on any atom is -0.459 e. The van der Waals surface area contributed by atoms with E-state index in [9.17, 15) is 14.4 Å². The van der Waals surface area contributed by atoms with Gasteiger partial charge in [0.05, 0.1) is 56.8 Å². The van der Waals surface area contributed by atoms with E-state index in [2.05, 4.69) is 4.99 Å². The number of fused-ring (bicyclic) bond motifs is 1. The Labute approximate surface area is 683 Å². The lowest BCUT2D eigenvalue weighted by Gasteiger charge is -2.58. The maximum Gasteiger partial charge on any atom is 0.468 e. The minimum absolute atomic E-state index is 0.0129. The van der Waals surface area contributed by atoms with Crippen molar-refractivity contribution < 1.29 is 127 Å². The number of halogens is 3. The molecule has 13 rings (SSSR count). The Bertz CT molecular complexity index is 4970. The molecule has 0 spiro atoms. The van der Waals surface area contributed by atoms with Crippen LogP contribution >= 0.6 is 0 Å². The van der Waals surface area contributed by atoms with E-state index < -0.39 is 184 Å². The second-order valence-corrected chi connectivity index (χ2v) is 34.8. The molecule has 0 bridgehead atoms. The van der Waals surface area contributed by atoms with E-state index in [1.165, 1.54) is 188 Å². The maximum atomic E-state index is 15.9. The van der Waals surface area contributed by atoms with Crippen molar-refractivity contribution >= 4 is 67.9 Å². The summed E-state index contributed by atoms with van der Waals surface area (Å²) in [5.74, 6) is -10.9. The van der Waals surface area contributed by atoms with Crippen LogP contribution < -0.4 is 0 Å². The van der Waals surface area contributed by atoms with Gasteiger partial charge in [0.2, 0.25) is 12.4 Å². The van der Waals surface area contributed by atoms with Crippen molar-refractivity contribution in [3.63, 3.8) is 0 Å². The molecule has 0 saturated carbocycles. The van der Waals surface area contributed by atoms with Crippen LogP contribution in [0, 0.1) is 0 Å². The molecule has 29 heteroatoms. The molecular weight excluding hydrogens is 1560 g/mol. The Kier molecular flexibility index (Phi) is 26.9. The first kappa shape index (κ1) is 84.8. The highest BCUT2D eigenvalue weighted by molar-refractivity contribution is 6.73. The van der Waals surface area contributed by atoms with Gasteiger partial charge in [0.1, 0.15) is 49.8 Å². The van der Waals surface area contributed by atoms with Crippen LogP contribution in [0.3, 0.4) is 0 Å². The van der Waals surface area contributed by atoms with Crippen LogP contribution in [0.15, 0.2) is 278 Å². The number of carbonyl (C=O) groups is 8. The summed E-state index contributed by atoms with van der Waals surface area (Å²) in [5.41, 5.74) is -1.04. The van der Waals surface area contributed by atoms with Gasteiger partial charge >= 0.3 is 62.5 Å². The number of ether oxygens (including phenoxy) is 14. The van der Waals surface area contributed by atoms with Crippen LogP contribution in [-0.4, -0.2) is 180 Å². The molecule has 1 unspecified atom stereocenters. The number of esters is 8. The number of aliphatic imine (C=N–C) groups is 1. The smallest absolute Gasteiger partial charge is 0.459 e. The Balaban J connectivity index is 1.02. The molecule has 618 valence electrons. The van der Waals surface area contributed by atoms with E-state index in [4.69, 9.17) is 75.2 Å². The van der Waals surface area contributed by atoms with Crippen LogP contribution in [-0.2, 0) is 75.2 Å². The summed E-state index contributed by atoms with van der Waals surface area (Å²) < 4.78 is 154. The first-order chi connectivity index (χ1) is 57.2. The average Bonchev–Trinajstić information content (AvgIpc) is 0.727. The molecule has 0 N–H and O–H groups in total. The van der Waals surface area contributed by atoms with Gasteiger partial charge in [0.25, 0.3) is 5.90 Å². The van der Waals surface area contributed by atoms with E-state index in [0.29, 0.717) is 0 Å². The van der Waals surface area contributed by atoms with Gasteiger partial charge in [-0.15, -0.1) is 0 Å². The molecule has 0 aliphatic carbocycles. The Hall–Kier alpha value is -12.1. The van der Waals surface area contributed by atoms with E-state index in [1.807, 2.05) is 41.5 Å². The van der Waals surface area contributed by atoms with Crippen molar-refractivity contribution in [3.05, 3.63) is 317 Å². The summed E-state index contributed by atoms with van der Waals surface area (Å²) in [5, 5.41) is -1.48. The summed E-state index contributed by atoms with van der Waals surface area (Å²) in [6.07, 6.45) is -37.0. The van der Waals surface area contributed by atoms with Crippen molar-refractivity contribution in [2.24, 2.45) is 4.99 Å². The van der Waals surface area contributed by atoms with Gasteiger partial charge in [0.15, 0.2) is 43.1 Å². The number of rotatable bonds is 24. The number of carbonyl (C=O) groups excluding carboxylic acids is 8. The zero-order valence-electron chi connectivity index (χ0n) is 65.1. The summed E-state index contributed by atoms with van der Waals surface area (Å²) in [7, 11) is -3.67. The van der Waals surface area contributed by atoms with E-state index in [0.717, 1.165) is 0 Å². The largest absolute Gasteiger partial charge is 0.468 e. The first-order valence-electron chi connectivity index (χ1n) is 38.2. The number of alkyl halides is 3. The lowest BCUT2D eigenvalue weighted by atomic mass is 9.95. The molecule has 0 amide bonds. The second-order valence-electron chi connectivity index (χ2n) is 30.1. The van der Waals surface area contributed by atoms with Gasteiger partial charge in [-0.25, -0.2) is 43.3 Å². The quantitative estimate of drug-likeness (QED) is 0.0178. The fourth-order valence-corrected chi connectivity index (χ4v) is 19.3. The van der Waals surface area contributed by atoms with Crippen LogP contribution in [0.5, 0.6) is 0 Å². The third-order valence-electron chi connectivity index (χ3n) is 19.8. The monoisotopic (exact) mass is 1650 g/mol. The third kappa shape index (κ3) is 20.4. The van der Waals surface area contributed by atoms with Gasteiger partial charge < -0.3 is 75.2 Å². The van der Waals surface area contributed by atoms with Crippen molar-refractivity contribution in [2.45, 2.75) is 150 Å². The molecule has 4 saturated heterocycles. The Morgan fingerprint density at radius 1 is 0.336 bits per heavy atom. The molecule has 9 aromatic carbocycles. The van der Waals surface area contributed by atoms with Gasteiger partial charge in [-0.1, -0.05) is 205 Å². The van der Waals surface area contributed by atoms with Crippen LogP contribution in [0.25, 0.3) is 0 Å². The predicted molar refractivity (Wildman–Crippen MR) is 420 cm³/mol. The van der Waals surface area contributed by atoms with Crippen molar-refractivity contribution in [2.75, 3.05) is 19.8 Å². The lowest BCUT2D eigenvalue weighted by molar-refractivity contribution is -0.375. The van der Waals surface area contributed by atoms with Gasteiger partial charge in [-0.3, -0.25) is 0 Å². The highest BCUT2D eigenvalue weighted by atomic mass is 28.4. The molecular formula is C90H84F3NO24Si. The molecule has 4 aliphatic rings. The van der Waals surface area contributed by atoms with Crippen LogP contribution in [0.1, 0.15) is 124 Å². The highest BCUT2D eigenvalue weighted by Gasteiger charge is 2.67. The van der Waals surface area contributed by atoms with Crippen molar-refractivity contribution in [1.29, 1.82) is 0 Å². The van der Waals surface area contributed by atoms with Gasteiger partial charge in [-0.2, -0.15) is 13.2 Å². The normalized spacial score (nSPS) is 24.2. The summed E-state index contributed by atoms with van der Waals surface area (Å²) in [4.78, 5) is 124. The number of para-hydroxylation sites is 1. The molecule has 4 heterocycles. The molecule has 0 radical (unpaired) electrons. The number of hydrogen-bond acceptors (Lipinski definition) is 25. The van der Waals surface area contributed by atoms with Gasteiger partial charge in [-0.05, 0) is 109 Å². The topological polar surface area (TPSA) is 297 Å². The Morgan fingerprint density at radius 2 is 0.605 bits per heavy atom. The molecule has 4 fully saturated rings. The van der Waals surface area contributed by atoms with E-state index in [1.54, 1.807) is 84.9 Å². The Morgan fingerprint density at radius 3 is 0.924 bits per heavy atom. The van der Waals surface area contributed by atoms with E-state index >= 15 is 37.1 Å². The molecule has 25 nitrogen and oxygen atoms in total.